The Morgan fingerprint density at radius 2 is 1.82 bits per heavy atom. The summed E-state index contributed by atoms with van der Waals surface area (Å²) >= 11 is 0. The van der Waals surface area contributed by atoms with Crippen LogP contribution < -0.4 is 4.72 Å². The lowest BCUT2D eigenvalue weighted by molar-refractivity contribution is 0.182. The van der Waals surface area contributed by atoms with Crippen LogP contribution in [0.2, 0.25) is 0 Å². The largest absolute Gasteiger partial charge is 0.387 e. The molecule has 0 radical (unpaired) electrons. The molecule has 0 saturated carbocycles. The Bertz CT molecular complexity index is 728. The maximum absolute atomic E-state index is 11.9. The van der Waals surface area contributed by atoms with Gasteiger partial charge in [-0.05, 0) is 28.3 Å². The molecule has 0 amide bonds. The highest BCUT2D eigenvalue weighted by molar-refractivity contribution is 7.89. The minimum atomic E-state index is -3.35. The van der Waals surface area contributed by atoms with Crippen molar-refractivity contribution in [2.75, 3.05) is 12.3 Å². The van der Waals surface area contributed by atoms with Gasteiger partial charge in [0.1, 0.15) is 0 Å². The maximum Gasteiger partial charge on any atom is 0.211 e. The Kier molecular flexibility index (Phi) is 5.56. The van der Waals surface area contributed by atoms with Crippen LogP contribution in [0.25, 0.3) is 10.8 Å². The molecule has 2 N–H and O–H groups in total. The summed E-state index contributed by atoms with van der Waals surface area (Å²) in [5.74, 6) is 0.198. The molecule has 5 heteroatoms. The van der Waals surface area contributed by atoms with Gasteiger partial charge in [-0.15, -0.1) is 0 Å². The molecule has 0 aromatic heterocycles. The third-order valence-corrected chi connectivity index (χ3v) is 5.47. The van der Waals surface area contributed by atoms with Gasteiger partial charge in [-0.2, -0.15) is 0 Å². The summed E-state index contributed by atoms with van der Waals surface area (Å²) in [5.41, 5.74) is 0.713. The molecule has 2 rings (SSSR count). The first kappa shape index (κ1) is 16.9. The number of hydrogen-bond donors (Lipinski definition) is 2. The fourth-order valence-electron chi connectivity index (χ4n) is 2.29. The summed E-state index contributed by atoms with van der Waals surface area (Å²) < 4.78 is 26.3. The molecule has 22 heavy (non-hydrogen) atoms. The van der Waals surface area contributed by atoms with Gasteiger partial charge in [-0.1, -0.05) is 56.7 Å². The summed E-state index contributed by atoms with van der Waals surface area (Å²) in [6.07, 6.45) is -0.0370. The lowest BCUT2D eigenvalue weighted by Crippen LogP contribution is -2.32. The molecule has 2 aromatic carbocycles. The van der Waals surface area contributed by atoms with Crippen molar-refractivity contribution in [3.63, 3.8) is 0 Å². The summed E-state index contributed by atoms with van der Waals surface area (Å²) in [7, 11) is -3.35. The van der Waals surface area contributed by atoms with Crippen LogP contribution in [0.1, 0.15) is 31.9 Å². The fraction of sp³-hybridized carbons (Fsp3) is 0.412. The van der Waals surface area contributed by atoms with Crippen molar-refractivity contribution in [2.45, 2.75) is 26.4 Å². The molecule has 0 aliphatic heterocycles. The highest BCUT2D eigenvalue weighted by atomic mass is 32.2. The predicted molar refractivity (Wildman–Crippen MR) is 90.2 cm³/mol. The van der Waals surface area contributed by atoms with Crippen molar-refractivity contribution in [1.82, 2.24) is 4.72 Å². The zero-order valence-corrected chi connectivity index (χ0v) is 13.8. The topological polar surface area (TPSA) is 66.4 Å². The normalized spacial score (nSPS) is 14.9. The van der Waals surface area contributed by atoms with Crippen molar-refractivity contribution in [2.24, 2.45) is 5.92 Å². The lowest BCUT2D eigenvalue weighted by Gasteiger charge is -2.15. The highest BCUT2D eigenvalue weighted by Gasteiger charge is 2.17. The molecule has 4 nitrogen and oxygen atoms in total. The second kappa shape index (κ2) is 7.22. The Balaban J connectivity index is 2.03. The van der Waals surface area contributed by atoms with Crippen LogP contribution in [0.3, 0.4) is 0 Å². The van der Waals surface area contributed by atoms with Crippen LogP contribution in [0.4, 0.5) is 0 Å². The van der Waals surface area contributed by atoms with Crippen molar-refractivity contribution in [3.05, 3.63) is 48.0 Å². The van der Waals surface area contributed by atoms with E-state index < -0.39 is 16.1 Å². The van der Waals surface area contributed by atoms with Crippen LogP contribution in [-0.4, -0.2) is 25.8 Å². The van der Waals surface area contributed by atoms with Crippen LogP contribution in [-0.2, 0) is 10.0 Å². The molecule has 0 fully saturated rings. The van der Waals surface area contributed by atoms with Crippen LogP contribution in [0.5, 0.6) is 0 Å². The van der Waals surface area contributed by atoms with Gasteiger partial charge >= 0.3 is 0 Å². The van der Waals surface area contributed by atoms with Crippen LogP contribution in [0.15, 0.2) is 42.5 Å². The molecule has 0 spiro atoms. The van der Waals surface area contributed by atoms with Crippen molar-refractivity contribution in [3.8, 4) is 0 Å². The smallest absolute Gasteiger partial charge is 0.211 e. The number of benzene rings is 2. The number of fused-ring (bicyclic) bond motifs is 1. The minimum Gasteiger partial charge on any atom is -0.387 e. The van der Waals surface area contributed by atoms with Gasteiger partial charge in [0.2, 0.25) is 10.0 Å². The number of aliphatic hydroxyl groups excluding tert-OH is 1. The van der Waals surface area contributed by atoms with Gasteiger partial charge < -0.3 is 5.11 Å². The molecule has 0 aliphatic rings. The van der Waals surface area contributed by atoms with Gasteiger partial charge in [0.05, 0.1) is 11.9 Å². The average molecular weight is 321 g/mol. The molecular formula is C17H23NO3S. The lowest BCUT2D eigenvalue weighted by atomic mass is 10.0. The number of nitrogens with one attached hydrogen (secondary N) is 1. The van der Waals surface area contributed by atoms with E-state index in [9.17, 15) is 13.5 Å². The first-order chi connectivity index (χ1) is 10.4. The first-order valence-corrected chi connectivity index (χ1v) is 9.20. The van der Waals surface area contributed by atoms with E-state index in [4.69, 9.17) is 0 Å². The molecule has 0 heterocycles. The molecule has 0 bridgehead atoms. The third kappa shape index (κ3) is 4.53. The second-order valence-electron chi connectivity index (χ2n) is 5.77. The molecule has 0 saturated heterocycles. The second-order valence-corrected chi connectivity index (χ2v) is 7.62. The standard InChI is InChI=1S/C17H23NO3S/c1-3-13(2)12-22(20,21)18-11-17(19)16-9-8-14-6-4-5-7-15(14)10-16/h4-10,13,17-19H,3,11-12H2,1-2H3. The van der Waals surface area contributed by atoms with E-state index >= 15 is 0 Å². The predicted octanol–water partition coefficient (Wildman–Crippen LogP) is 2.84. The Labute approximate surface area is 132 Å². The van der Waals surface area contributed by atoms with Gasteiger partial charge in [-0.25, -0.2) is 13.1 Å². The van der Waals surface area contributed by atoms with Crippen molar-refractivity contribution >= 4 is 20.8 Å². The Morgan fingerprint density at radius 3 is 2.50 bits per heavy atom. The fourth-order valence-corrected chi connectivity index (χ4v) is 3.80. The van der Waals surface area contributed by atoms with E-state index in [1.165, 1.54) is 0 Å². The van der Waals surface area contributed by atoms with Crippen LogP contribution >= 0.6 is 0 Å². The molecule has 2 unspecified atom stereocenters. The van der Waals surface area contributed by atoms with E-state index in [1.54, 1.807) is 0 Å². The Morgan fingerprint density at radius 1 is 1.14 bits per heavy atom. The zero-order chi connectivity index (χ0) is 16.2. The monoisotopic (exact) mass is 321 g/mol. The first-order valence-electron chi connectivity index (χ1n) is 7.55. The minimum absolute atomic E-state index is 0.00287. The summed E-state index contributed by atoms with van der Waals surface area (Å²) in [6.45, 7) is 3.86. The summed E-state index contributed by atoms with van der Waals surface area (Å²) in [6, 6.07) is 13.5. The van der Waals surface area contributed by atoms with E-state index in [-0.39, 0.29) is 18.2 Å². The van der Waals surface area contributed by atoms with E-state index in [0.29, 0.717) is 5.56 Å². The van der Waals surface area contributed by atoms with Gasteiger partial charge in [0.15, 0.2) is 0 Å². The van der Waals surface area contributed by atoms with E-state index in [2.05, 4.69) is 4.72 Å². The molecule has 2 atom stereocenters. The quantitative estimate of drug-likeness (QED) is 0.824. The number of hydrogen-bond acceptors (Lipinski definition) is 3. The number of rotatable bonds is 7. The number of sulfonamides is 1. The molecular weight excluding hydrogens is 298 g/mol. The SMILES string of the molecule is CCC(C)CS(=O)(=O)NCC(O)c1ccc2ccccc2c1. The van der Waals surface area contributed by atoms with Crippen molar-refractivity contribution in [1.29, 1.82) is 0 Å². The summed E-state index contributed by atoms with van der Waals surface area (Å²) in [4.78, 5) is 0. The Hall–Kier alpha value is -1.43. The maximum atomic E-state index is 11.9. The van der Waals surface area contributed by atoms with E-state index in [0.717, 1.165) is 17.2 Å². The molecule has 2 aromatic rings. The average Bonchev–Trinajstić information content (AvgIpc) is 2.51. The van der Waals surface area contributed by atoms with Crippen molar-refractivity contribution < 1.29 is 13.5 Å². The van der Waals surface area contributed by atoms with Gasteiger partial charge in [0.25, 0.3) is 0 Å². The molecule has 120 valence electrons. The zero-order valence-electron chi connectivity index (χ0n) is 13.0. The number of aliphatic hydroxyl groups is 1. The molecule has 0 aliphatic carbocycles. The highest BCUT2D eigenvalue weighted by Crippen LogP contribution is 2.20. The van der Waals surface area contributed by atoms with Gasteiger partial charge in [-0.3, -0.25) is 0 Å². The van der Waals surface area contributed by atoms with Gasteiger partial charge in [0, 0.05) is 6.54 Å². The van der Waals surface area contributed by atoms with Crippen LogP contribution in [0, 0.1) is 5.92 Å². The summed E-state index contributed by atoms with van der Waals surface area (Å²) in [5, 5.41) is 12.3. The van der Waals surface area contributed by atoms with E-state index in [1.807, 2.05) is 56.3 Å². The third-order valence-electron chi connectivity index (χ3n) is 3.86.